The fourth-order valence-electron chi connectivity index (χ4n) is 2.84. The lowest BCUT2D eigenvalue weighted by Gasteiger charge is -2.13. The molecule has 0 aliphatic rings. The summed E-state index contributed by atoms with van der Waals surface area (Å²) in [5.74, 6) is 0. The summed E-state index contributed by atoms with van der Waals surface area (Å²) in [4.78, 5) is 36.2. The summed E-state index contributed by atoms with van der Waals surface area (Å²) >= 11 is 0. The van der Waals surface area contributed by atoms with Crippen LogP contribution in [-0.4, -0.2) is 14.1 Å². The van der Waals surface area contributed by atoms with E-state index in [0.29, 0.717) is 19.4 Å². The minimum absolute atomic E-state index is 0.0439. The number of nitro groups is 1. The zero-order chi connectivity index (χ0) is 19.3. The van der Waals surface area contributed by atoms with Crippen molar-refractivity contribution >= 4 is 17.8 Å². The van der Waals surface area contributed by atoms with Crippen LogP contribution in [0.4, 0.5) is 5.69 Å². The maximum Gasteiger partial charge on any atom is 0.357 e. The third-order valence-electron chi connectivity index (χ3n) is 4.13. The first-order chi connectivity index (χ1) is 12.4. The average molecular weight is 357 g/mol. The van der Waals surface area contributed by atoms with Crippen molar-refractivity contribution in [2.24, 2.45) is 0 Å². The van der Waals surface area contributed by atoms with Crippen molar-refractivity contribution in [2.45, 2.75) is 46.7 Å². The molecule has 0 N–H and O–H groups in total. The molecule has 0 aliphatic heterocycles. The van der Waals surface area contributed by atoms with E-state index in [0.717, 1.165) is 15.7 Å². The van der Waals surface area contributed by atoms with Crippen LogP contribution in [0.2, 0.25) is 0 Å². The van der Waals surface area contributed by atoms with Crippen LogP contribution < -0.4 is 11.2 Å². The Hall–Kier alpha value is -2.96. The van der Waals surface area contributed by atoms with Gasteiger partial charge in [0, 0.05) is 13.1 Å². The lowest BCUT2D eigenvalue weighted by molar-refractivity contribution is -0.387. The number of hydrogen-bond acceptors (Lipinski definition) is 4. The van der Waals surface area contributed by atoms with E-state index in [1.165, 1.54) is 10.6 Å². The van der Waals surface area contributed by atoms with Gasteiger partial charge in [0.25, 0.3) is 0 Å². The Bertz CT molecular complexity index is 954. The largest absolute Gasteiger partial charge is 0.357 e. The number of hydrogen-bond donors (Lipinski definition) is 0. The van der Waals surface area contributed by atoms with Gasteiger partial charge in [-0.3, -0.25) is 24.0 Å². The molecular formula is C19H23N3O4. The van der Waals surface area contributed by atoms with Crippen LogP contribution in [0.25, 0.3) is 12.2 Å². The number of aromatic nitrogens is 2. The topological polar surface area (TPSA) is 87.1 Å². The van der Waals surface area contributed by atoms with E-state index in [1.807, 2.05) is 45.0 Å². The third kappa shape index (κ3) is 3.82. The molecule has 0 unspecified atom stereocenters. The second-order valence-corrected chi connectivity index (χ2v) is 6.07. The molecule has 0 fully saturated rings. The number of aryl methyl sites for hydroxylation is 1. The molecule has 0 saturated heterocycles. The molecule has 0 bridgehead atoms. The SMILES string of the molecule is CCCn1c(/C=C/c2ccccc2C)c([N+](=O)[O-])c(=O)n(CCC)c1=O. The van der Waals surface area contributed by atoms with Crippen molar-refractivity contribution in [2.75, 3.05) is 0 Å². The van der Waals surface area contributed by atoms with Gasteiger partial charge in [-0.1, -0.05) is 44.2 Å². The molecule has 2 aromatic rings. The third-order valence-corrected chi connectivity index (χ3v) is 4.13. The Labute approximate surface area is 151 Å². The minimum atomic E-state index is -0.848. The summed E-state index contributed by atoms with van der Waals surface area (Å²) in [6, 6.07) is 7.55. The molecule has 0 radical (unpaired) electrons. The molecule has 138 valence electrons. The van der Waals surface area contributed by atoms with Gasteiger partial charge in [-0.2, -0.15) is 0 Å². The van der Waals surface area contributed by atoms with Crippen molar-refractivity contribution < 1.29 is 4.92 Å². The zero-order valence-electron chi connectivity index (χ0n) is 15.3. The summed E-state index contributed by atoms with van der Waals surface area (Å²) in [6.45, 7) is 6.07. The first-order valence-electron chi connectivity index (χ1n) is 8.68. The first-order valence-corrected chi connectivity index (χ1v) is 8.68. The van der Waals surface area contributed by atoms with E-state index in [-0.39, 0.29) is 12.2 Å². The van der Waals surface area contributed by atoms with Gasteiger partial charge in [-0.05, 0) is 37.0 Å². The second-order valence-electron chi connectivity index (χ2n) is 6.07. The van der Waals surface area contributed by atoms with Crippen molar-refractivity contribution in [1.82, 2.24) is 9.13 Å². The van der Waals surface area contributed by atoms with Crippen molar-refractivity contribution in [3.05, 3.63) is 72.0 Å². The van der Waals surface area contributed by atoms with Gasteiger partial charge in [0.05, 0.1) is 4.92 Å². The molecule has 2 rings (SSSR count). The molecule has 7 heteroatoms. The predicted octanol–water partition coefficient (Wildman–Crippen LogP) is 3.22. The first kappa shape index (κ1) is 19.4. The molecule has 0 spiro atoms. The van der Waals surface area contributed by atoms with E-state index in [2.05, 4.69) is 0 Å². The van der Waals surface area contributed by atoms with Crippen LogP contribution in [0.15, 0.2) is 33.9 Å². The van der Waals surface area contributed by atoms with Crippen molar-refractivity contribution in [3.8, 4) is 0 Å². The molecule has 0 saturated carbocycles. The molecule has 1 heterocycles. The fraction of sp³-hybridized carbons (Fsp3) is 0.368. The summed E-state index contributed by atoms with van der Waals surface area (Å²) in [6.07, 6.45) is 4.35. The number of nitrogens with zero attached hydrogens (tertiary/aromatic N) is 3. The van der Waals surface area contributed by atoms with Crippen LogP contribution in [-0.2, 0) is 13.1 Å². The molecular weight excluding hydrogens is 334 g/mol. The molecule has 0 aliphatic carbocycles. The Morgan fingerprint density at radius 3 is 2.23 bits per heavy atom. The molecule has 7 nitrogen and oxygen atoms in total. The Morgan fingerprint density at radius 1 is 1.04 bits per heavy atom. The van der Waals surface area contributed by atoms with Gasteiger partial charge in [0.15, 0.2) is 0 Å². The molecule has 0 amide bonds. The summed E-state index contributed by atoms with van der Waals surface area (Å²) in [5, 5.41) is 11.6. The Kier molecular flexibility index (Phi) is 6.27. The number of benzene rings is 1. The zero-order valence-corrected chi connectivity index (χ0v) is 15.3. The minimum Gasteiger partial charge on any atom is -0.287 e. The monoisotopic (exact) mass is 357 g/mol. The van der Waals surface area contributed by atoms with Crippen molar-refractivity contribution in [3.63, 3.8) is 0 Å². The van der Waals surface area contributed by atoms with Gasteiger partial charge in [0.2, 0.25) is 0 Å². The fourth-order valence-corrected chi connectivity index (χ4v) is 2.84. The summed E-state index contributed by atoms with van der Waals surface area (Å²) in [5.41, 5.74) is -0.00342. The van der Waals surface area contributed by atoms with Crippen LogP contribution >= 0.6 is 0 Å². The highest BCUT2D eigenvalue weighted by Crippen LogP contribution is 2.18. The summed E-state index contributed by atoms with van der Waals surface area (Å²) in [7, 11) is 0. The average Bonchev–Trinajstić information content (AvgIpc) is 2.60. The maximum atomic E-state index is 12.7. The highest BCUT2D eigenvalue weighted by molar-refractivity contribution is 5.73. The van der Waals surface area contributed by atoms with Crippen LogP contribution in [0.1, 0.15) is 43.5 Å². The van der Waals surface area contributed by atoms with E-state index >= 15 is 0 Å². The highest BCUT2D eigenvalue weighted by Gasteiger charge is 2.25. The highest BCUT2D eigenvalue weighted by atomic mass is 16.6. The lowest BCUT2D eigenvalue weighted by Crippen LogP contribution is -2.42. The smallest absolute Gasteiger partial charge is 0.287 e. The van der Waals surface area contributed by atoms with Crippen LogP contribution in [0.5, 0.6) is 0 Å². The van der Waals surface area contributed by atoms with E-state index in [4.69, 9.17) is 0 Å². The molecule has 0 atom stereocenters. The molecule has 1 aromatic heterocycles. The normalized spacial score (nSPS) is 11.2. The van der Waals surface area contributed by atoms with Gasteiger partial charge in [0.1, 0.15) is 5.69 Å². The second kappa shape index (κ2) is 8.42. The van der Waals surface area contributed by atoms with Gasteiger partial charge in [-0.25, -0.2) is 4.79 Å². The maximum absolute atomic E-state index is 12.7. The van der Waals surface area contributed by atoms with E-state index in [1.54, 1.807) is 6.08 Å². The van der Waals surface area contributed by atoms with Crippen LogP contribution in [0.3, 0.4) is 0 Å². The van der Waals surface area contributed by atoms with Gasteiger partial charge >= 0.3 is 16.9 Å². The predicted molar refractivity (Wildman–Crippen MR) is 102 cm³/mol. The van der Waals surface area contributed by atoms with Crippen LogP contribution in [0, 0.1) is 17.0 Å². The van der Waals surface area contributed by atoms with Gasteiger partial charge < -0.3 is 0 Å². The van der Waals surface area contributed by atoms with Gasteiger partial charge in [-0.15, -0.1) is 0 Å². The summed E-state index contributed by atoms with van der Waals surface area (Å²) < 4.78 is 2.28. The van der Waals surface area contributed by atoms with Crippen molar-refractivity contribution in [1.29, 1.82) is 0 Å². The Morgan fingerprint density at radius 2 is 1.65 bits per heavy atom. The quantitative estimate of drug-likeness (QED) is 0.562. The number of rotatable bonds is 7. The molecule has 26 heavy (non-hydrogen) atoms. The standard InChI is InChI=1S/C19H23N3O4/c1-4-12-20-16(11-10-15-9-7-6-8-14(15)3)17(22(25)26)18(23)21(13-5-2)19(20)24/h6-11H,4-5,12-13H2,1-3H3/b11-10+. The molecule has 1 aromatic carbocycles. The van der Waals surface area contributed by atoms with E-state index < -0.39 is 21.9 Å². The van der Waals surface area contributed by atoms with E-state index in [9.17, 15) is 19.7 Å². The Balaban J connectivity index is 2.77. The lowest BCUT2D eigenvalue weighted by atomic mass is 10.1.